The highest BCUT2D eigenvalue weighted by atomic mass is 16.3. The summed E-state index contributed by atoms with van der Waals surface area (Å²) in [7, 11) is 0. The maximum atomic E-state index is 6.94. The second kappa shape index (κ2) is 12.2. The van der Waals surface area contributed by atoms with Crippen LogP contribution in [-0.2, 0) is 5.41 Å². The van der Waals surface area contributed by atoms with Crippen LogP contribution >= 0.6 is 0 Å². The molecule has 0 saturated heterocycles. The lowest BCUT2D eigenvalue weighted by Crippen LogP contribution is -2.26. The molecule has 0 bridgehead atoms. The third kappa shape index (κ3) is 4.46. The SMILES string of the molecule is c1ccc2c(c1)-c1ccccc1C21c2ccccc2-c2ccc(N(c3ccc(-c4ccc5ccccc5c4)cc3)c3cccc4c3oc3ccc5ccccc5c34)cc21. The van der Waals surface area contributed by atoms with Crippen LogP contribution in [0.3, 0.4) is 0 Å². The molecule has 0 saturated carbocycles. The number of nitrogens with zero attached hydrogens (tertiary/aromatic N) is 1. The summed E-state index contributed by atoms with van der Waals surface area (Å²) in [4.78, 5) is 2.40. The van der Waals surface area contributed by atoms with E-state index in [1.54, 1.807) is 0 Å². The van der Waals surface area contributed by atoms with Gasteiger partial charge in [-0.25, -0.2) is 0 Å². The summed E-state index contributed by atoms with van der Waals surface area (Å²) in [6.45, 7) is 0. The first kappa shape index (κ1) is 32.4. The van der Waals surface area contributed by atoms with Crippen molar-refractivity contribution in [1.82, 2.24) is 0 Å². The van der Waals surface area contributed by atoms with Crippen molar-refractivity contribution in [3.05, 3.63) is 235 Å². The van der Waals surface area contributed by atoms with Crippen LogP contribution in [0.15, 0.2) is 217 Å². The minimum absolute atomic E-state index is 0.453. The highest BCUT2D eigenvalue weighted by Gasteiger charge is 2.51. The summed E-state index contributed by atoms with van der Waals surface area (Å²) in [6, 6.07) is 78.0. The van der Waals surface area contributed by atoms with E-state index in [1.165, 1.54) is 77.2 Å². The summed E-state index contributed by atoms with van der Waals surface area (Å²) in [5.41, 5.74) is 17.3. The second-order valence-electron chi connectivity index (χ2n) is 16.0. The molecule has 59 heavy (non-hydrogen) atoms. The van der Waals surface area contributed by atoms with E-state index in [4.69, 9.17) is 4.42 Å². The van der Waals surface area contributed by atoms with E-state index in [1.807, 2.05) is 0 Å². The fourth-order valence-electron chi connectivity index (χ4n) is 10.6. The molecule has 2 nitrogen and oxygen atoms in total. The van der Waals surface area contributed by atoms with E-state index < -0.39 is 5.41 Å². The van der Waals surface area contributed by atoms with Crippen LogP contribution in [-0.4, -0.2) is 0 Å². The van der Waals surface area contributed by atoms with Crippen molar-refractivity contribution in [2.45, 2.75) is 5.41 Å². The number of benzene rings is 10. The Balaban J connectivity index is 1.06. The molecule has 1 spiro atoms. The van der Waals surface area contributed by atoms with E-state index in [-0.39, 0.29) is 0 Å². The van der Waals surface area contributed by atoms with E-state index in [2.05, 4.69) is 217 Å². The Hall–Kier alpha value is -7.68. The topological polar surface area (TPSA) is 16.4 Å². The Kier molecular flexibility index (Phi) is 6.68. The van der Waals surface area contributed by atoms with Crippen molar-refractivity contribution in [2.75, 3.05) is 4.90 Å². The lowest BCUT2D eigenvalue weighted by atomic mass is 9.70. The van der Waals surface area contributed by atoms with E-state index in [0.29, 0.717) is 0 Å². The maximum Gasteiger partial charge on any atom is 0.159 e. The van der Waals surface area contributed by atoms with Gasteiger partial charge in [0.1, 0.15) is 5.58 Å². The summed E-state index contributed by atoms with van der Waals surface area (Å²) < 4.78 is 6.94. The van der Waals surface area contributed by atoms with Gasteiger partial charge >= 0.3 is 0 Å². The van der Waals surface area contributed by atoms with E-state index >= 15 is 0 Å². The molecule has 1 heterocycles. The normalized spacial score (nSPS) is 13.2. The van der Waals surface area contributed by atoms with Gasteiger partial charge in [0.2, 0.25) is 0 Å². The largest absolute Gasteiger partial charge is 0.454 e. The van der Waals surface area contributed by atoms with Crippen LogP contribution in [0, 0.1) is 0 Å². The van der Waals surface area contributed by atoms with Gasteiger partial charge in [0, 0.05) is 22.1 Å². The van der Waals surface area contributed by atoms with E-state index in [0.717, 1.165) is 39.0 Å². The summed E-state index contributed by atoms with van der Waals surface area (Å²) in [6.07, 6.45) is 0. The third-order valence-corrected chi connectivity index (χ3v) is 13.1. The van der Waals surface area contributed by atoms with E-state index in [9.17, 15) is 0 Å². The first-order valence-electron chi connectivity index (χ1n) is 20.4. The van der Waals surface area contributed by atoms with Crippen molar-refractivity contribution in [3.63, 3.8) is 0 Å². The van der Waals surface area contributed by atoms with Gasteiger partial charge < -0.3 is 9.32 Å². The van der Waals surface area contributed by atoms with Gasteiger partial charge in [-0.2, -0.15) is 0 Å². The van der Waals surface area contributed by atoms with Crippen LogP contribution in [0.2, 0.25) is 0 Å². The lowest BCUT2D eigenvalue weighted by Gasteiger charge is -2.32. The standard InChI is InChI=1S/C57H35NO/c1-2-14-39-34-40(25-24-36(39)12-1)37-26-29-41(30-27-37)58(53-23-11-19-48-55-43-15-4-3-13-38(43)28-33-54(55)59-56(48)53)42-31-32-47-46-18-7-10-22-51(46)57(52(47)35-42)49-20-8-5-16-44(49)45-17-6-9-21-50(45)57/h1-35H. The molecule has 0 unspecified atom stereocenters. The highest BCUT2D eigenvalue weighted by Crippen LogP contribution is 2.63. The quantitative estimate of drug-likeness (QED) is 0.178. The van der Waals surface area contributed by atoms with Crippen molar-refractivity contribution >= 4 is 60.5 Å². The molecule has 2 heteroatoms. The Labute approximate surface area is 341 Å². The predicted molar refractivity (Wildman–Crippen MR) is 245 cm³/mol. The molecule has 0 fully saturated rings. The number of furan rings is 1. The van der Waals surface area contributed by atoms with Crippen LogP contribution in [0.25, 0.3) is 76.9 Å². The molecule has 0 atom stereocenters. The number of anilines is 3. The summed E-state index contributed by atoms with van der Waals surface area (Å²) in [5, 5.41) is 7.14. The van der Waals surface area contributed by atoms with Gasteiger partial charge in [-0.05, 0) is 120 Å². The summed E-state index contributed by atoms with van der Waals surface area (Å²) in [5.74, 6) is 0. The fraction of sp³-hybridized carbons (Fsp3) is 0.0175. The monoisotopic (exact) mass is 749 g/mol. The number of para-hydroxylation sites is 1. The maximum absolute atomic E-state index is 6.94. The number of hydrogen-bond donors (Lipinski definition) is 0. The van der Waals surface area contributed by atoms with Gasteiger partial charge in [0.05, 0.1) is 11.1 Å². The predicted octanol–water partition coefficient (Wildman–Crippen LogP) is 15.4. The third-order valence-electron chi connectivity index (χ3n) is 13.1. The highest BCUT2D eigenvalue weighted by molar-refractivity contribution is 6.21. The van der Waals surface area contributed by atoms with Crippen molar-refractivity contribution in [2.24, 2.45) is 0 Å². The van der Waals surface area contributed by atoms with Crippen LogP contribution in [0.4, 0.5) is 17.1 Å². The first-order chi connectivity index (χ1) is 29.3. The molecule has 0 aliphatic heterocycles. The van der Waals surface area contributed by atoms with Gasteiger partial charge in [0.25, 0.3) is 0 Å². The zero-order valence-electron chi connectivity index (χ0n) is 32.1. The molecule has 0 N–H and O–H groups in total. The van der Waals surface area contributed by atoms with Gasteiger partial charge in [-0.15, -0.1) is 0 Å². The van der Waals surface area contributed by atoms with Crippen molar-refractivity contribution in [1.29, 1.82) is 0 Å². The lowest BCUT2D eigenvalue weighted by molar-refractivity contribution is 0.669. The fourth-order valence-corrected chi connectivity index (χ4v) is 10.6. The van der Waals surface area contributed by atoms with Crippen molar-refractivity contribution < 1.29 is 4.42 Å². The Morgan fingerprint density at radius 3 is 1.64 bits per heavy atom. The Bertz CT molecular complexity index is 3450. The van der Waals surface area contributed by atoms with Crippen LogP contribution in [0.5, 0.6) is 0 Å². The van der Waals surface area contributed by atoms with Crippen molar-refractivity contribution in [3.8, 4) is 33.4 Å². The molecule has 1 aromatic heterocycles. The smallest absolute Gasteiger partial charge is 0.159 e. The Morgan fingerprint density at radius 2 is 0.915 bits per heavy atom. The molecule has 274 valence electrons. The molecule has 13 rings (SSSR count). The summed E-state index contributed by atoms with van der Waals surface area (Å²) >= 11 is 0. The first-order valence-corrected chi connectivity index (χ1v) is 20.4. The number of hydrogen-bond acceptors (Lipinski definition) is 2. The van der Waals surface area contributed by atoms with Gasteiger partial charge in [-0.1, -0.05) is 170 Å². The molecule has 11 aromatic rings. The Morgan fingerprint density at radius 1 is 0.356 bits per heavy atom. The molecule has 0 amide bonds. The number of rotatable bonds is 4. The molecule has 10 aromatic carbocycles. The average molecular weight is 750 g/mol. The van der Waals surface area contributed by atoms with Crippen LogP contribution in [0.1, 0.15) is 22.3 Å². The second-order valence-corrected chi connectivity index (χ2v) is 16.0. The molecule has 2 aliphatic rings. The number of fused-ring (bicyclic) bond motifs is 16. The average Bonchev–Trinajstić information content (AvgIpc) is 3.94. The molecule has 0 radical (unpaired) electrons. The minimum atomic E-state index is -0.453. The molecular formula is C57H35NO. The minimum Gasteiger partial charge on any atom is -0.454 e. The zero-order chi connectivity index (χ0) is 38.7. The van der Waals surface area contributed by atoms with Crippen LogP contribution < -0.4 is 4.90 Å². The molecule has 2 aliphatic carbocycles. The molecular weight excluding hydrogens is 715 g/mol. The van der Waals surface area contributed by atoms with Gasteiger partial charge in [-0.3, -0.25) is 0 Å². The zero-order valence-corrected chi connectivity index (χ0v) is 32.1. The van der Waals surface area contributed by atoms with Gasteiger partial charge in [0.15, 0.2) is 5.58 Å².